The lowest BCUT2D eigenvalue weighted by Gasteiger charge is -2.37. The summed E-state index contributed by atoms with van der Waals surface area (Å²) < 4.78 is 19.2. The zero-order valence-corrected chi connectivity index (χ0v) is 9.56. The van der Waals surface area contributed by atoms with Crippen LogP contribution in [0, 0.1) is 0 Å². The summed E-state index contributed by atoms with van der Waals surface area (Å²) in [5, 5.41) is 4.02. The molecule has 16 heavy (non-hydrogen) atoms. The maximum Gasteiger partial charge on any atom is 0.147 e. The van der Waals surface area contributed by atoms with Gasteiger partial charge in [0.25, 0.3) is 0 Å². The van der Waals surface area contributed by atoms with Crippen molar-refractivity contribution in [3.05, 3.63) is 28.8 Å². The highest BCUT2D eigenvalue weighted by molar-refractivity contribution is 6.31. The molecule has 2 atom stereocenters. The first-order valence-electron chi connectivity index (χ1n) is 5.49. The smallest absolute Gasteiger partial charge is 0.147 e. The second-order valence-electron chi connectivity index (χ2n) is 4.52. The van der Waals surface area contributed by atoms with Gasteiger partial charge in [0.05, 0.1) is 12.1 Å². The van der Waals surface area contributed by atoms with Crippen LogP contribution in [0.15, 0.2) is 18.2 Å². The van der Waals surface area contributed by atoms with E-state index in [0.717, 1.165) is 16.3 Å². The second kappa shape index (κ2) is 3.60. The van der Waals surface area contributed by atoms with E-state index >= 15 is 0 Å². The van der Waals surface area contributed by atoms with Crippen molar-refractivity contribution in [2.75, 3.05) is 18.5 Å². The van der Waals surface area contributed by atoms with Gasteiger partial charge < -0.3 is 10.1 Å². The summed E-state index contributed by atoms with van der Waals surface area (Å²) in [6.45, 7) is 0.789. The Kier molecular flexibility index (Phi) is 2.33. The molecule has 2 aliphatic heterocycles. The lowest BCUT2D eigenvalue weighted by atomic mass is 9.85. The molecule has 1 aromatic carbocycles. The minimum absolute atomic E-state index is 0.179. The van der Waals surface area contributed by atoms with E-state index in [2.05, 4.69) is 5.32 Å². The number of hydrogen-bond donors (Lipinski definition) is 1. The van der Waals surface area contributed by atoms with Gasteiger partial charge in [-0.3, -0.25) is 0 Å². The van der Waals surface area contributed by atoms with Gasteiger partial charge in [-0.25, -0.2) is 4.39 Å². The summed E-state index contributed by atoms with van der Waals surface area (Å²) in [6, 6.07) is 5.70. The van der Waals surface area contributed by atoms with Crippen molar-refractivity contribution in [2.45, 2.75) is 24.6 Å². The lowest BCUT2D eigenvalue weighted by Crippen LogP contribution is -2.52. The van der Waals surface area contributed by atoms with Gasteiger partial charge in [-0.15, -0.1) is 0 Å². The van der Waals surface area contributed by atoms with E-state index in [1.165, 1.54) is 0 Å². The first kappa shape index (κ1) is 10.4. The topological polar surface area (TPSA) is 21.3 Å². The molecule has 1 saturated heterocycles. The lowest BCUT2D eigenvalue weighted by molar-refractivity contribution is -0.00544. The van der Waals surface area contributed by atoms with E-state index in [1.807, 2.05) is 18.2 Å². The third-order valence-corrected chi connectivity index (χ3v) is 3.91. The van der Waals surface area contributed by atoms with Crippen LogP contribution in [0.4, 0.5) is 10.1 Å². The van der Waals surface area contributed by atoms with Crippen LogP contribution in [0.1, 0.15) is 12.0 Å². The summed E-state index contributed by atoms with van der Waals surface area (Å²) in [5.74, 6) is 0. The molecule has 86 valence electrons. The number of nitrogens with one attached hydrogen (secondary N) is 1. The molecule has 3 rings (SSSR count). The number of rotatable bonds is 0. The number of ether oxygens (including phenoxy) is 1. The van der Waals surface area contributed by atoms with Crippen LogP contribution in [0.2, 0.25) is 5.02 Å². The van der Waals surface area contributed by atoms with Crippen molar-refractivity contribution in [1.82, 2.24) is 0 Å². The number of benzene rings is 1. The zero-order valence-electron chi connectivity index (χ0n) is 8.80. The third kappa shape index (κ3) is 1.42. The van der Waals surface area contributed by atoms with Gasteiger partial charge in [0, 0.05) is 23.7 Å². The molecule has 1 aromatic rings. The fourth-order valence-electron chi connectivity index (χ4n) is 2.58. The molecule has 0 aromatic heterocycles. The summed E-state index contributed by atoms with van der Waals surface area (Å²) in [5.41, 5.74) is 1.51. The Morgan fingerprint density at radius 2 is 2.38 bits per heavy atom. The summed E-state index contributed by atoms with van der Waals surface area (Å²) in [7, 11) is 0. The molecule has 4 heteroatoms. The Hall–Kier alpha value is -0.800. The van der Waals surface area contributed by atoms with Crippen LogP contribution in [-0.4, -0.2) is 24.9 Å². The molecule has 2 heterocycles. The minimum Gasteiger partial charge on any atom is -0.378 e. The van der Waals surface area contributed by atoms with Crippen molar-refractivity contribution >= 4 is 17.3 Å². The molecule has 0 bridgehead atoms. The summed E-state index contributed by atoms with van der Waals surface area (Å²) in [6.07, 6.45) is 0.385. The van der Waals surface area contributed by atoms with Crippen molar-refractivity contribution in [1.29, 1.82) is 0 Å². The monoisotopic (exact) mass is 241 g/mol. The average molecular weight is 242 g/mol. The summed E-state index contributed by atoms with van der Waals surface area (Å²) in [4.78, 5) is 0. The van der Waals surface area contributed by atoms with Crippen molar-refractivity contribution in [3.63, 3.8) is 0 Å². The molecule has 1 N–H and O–H groups in total. The fourth-order valence-corrected chi connectivity index (χ4v) is 2.82. The van der Waals surface area contributed by atoms with Crippen LogP contribution < -0.4 is 5.32 Å². The highest BCUT2D eigenvalue weighted by Gasteiger charge is 2.46. The zero-order chi connectivity index (χ0) is 11.2. The highest BCUT2D eigenvalue weighted by atomic mass is 35.5. The van der Waals surface area contributed by atoms with Gasteiger partial charge in [0.2, 0.25) is 0 Å². The van der Waals surface area contributed by atoms with Crippen LogP contribution >= 0.6 is 11.6 Å². The SMILES string of the molecule is FC1COCCC12Cc1c(Cl)cccc1N2. The molecule has 2 nitrogen and oxygen atoms in total. The Bertz CT molecular complexity index is 425. The number of anilines is 1. The standard InChI is InChI=1S/C12H13ClFNO/c13-9-2-1-3-10-8(9)6-12(15-10)4-5-16-7-11(12)14/h1-3,11,15H,4-7H2. The Labute approximate surface area is 98.7 Å². The van der Waals surface area contributed by atoms with Gasteiger partial charge in [-0.1, -0.05) is 17.7 Å². The maximum absolute atomic E-state index is 14.0. The first-order valence-corrected chi connectivity index (χ1v) is 5.86. The third-order valence-electron chi connectivity index (χ3n) is 3.55. The molecule has 1 spiro atoms. The van der Waals surface area contributed by atoms with Gasteiger partial charge in [0.15, 0.2) is 0 Å². The van der Waals surface area contributed by atoms with E-state index in [9.17, 15) is 4.39 Å². The maximum atomic E-state index is 14.0. The predicted molar refractivity (Wildman–Crippen MR) is 61.8 cm³/mol. The molecule has 2 aliphatic rings. The van der Waals surface area contributed by atoms with Crippen molar-refractivity contribution in [2.24, 2.45) is 0 Å². The van der Waals surface area contributed by atoms with E-state index < -0.39 is 11.7 Å². The normalized spacial score (nSPS) is 32.5. The molecule has 0 radical (unpaired) electrons. The fraction of sp³-hybridized carbons (Fsp3) is 0.500. The number of alkyl halides is 1. The van der Waals surface area contributed by atoms with E-state index in [-0.39, 0.29) is 6.61 Å². The van der Waals surface area contributed by atoms with Crippen LogP contribution in [0.5, 0.6) is 0 Å². The predicted octanol–water partition coefficient (Wildman–Crippen LogP) is 2.81. The molecule has 0 saturated carbocycles. The van der Waals surface area contributed by atoms with Gasteiger partial charge in [0.1, 0.15) is 6.17 Å². The van der Waals surface area contributed by atoms with Crippen LogP contribution in [-0.2, 0) is 11.2 Å². The molecule has 1 fully saturated rings. The van der Waals surface area contributed by atoms with E-state index in [1.54, 1.807) is 0 Å². The first-order chi connectivity index (χ1) is 7.71. The van der Waals surface area contributed by atoms with Crippen molar-refractivity contribution in [3.8, 4) is 0 Å². The Balaban J connectivity index is 1.97. The second-order valence-corrected chi connectivity index (χ2v) is 4.92. The van der Waals surface area contributed by atoms with E-state index in [4.69, 9.17) is 16.3 Å². The Morgan fingerprint density at radius 3 is 3.12 bits per heavy atom. The molecule has 0 aliphatic carbocycles. The highest BCUT2D eigenvalue weighted by Crippen LogP contribution is 2.42. The molecule has 0 amide bonds. The molecular formula is C12H13ClFNO. The largest absolute Gasteiger partial charge is 0.378 e. The molecule has 2 unspecified atom stereocenters. The van der Waals surface area contributed by atoms with Gasteiger partial charge in [-0.05, 0) is 24.1 Å². The van der Waals surface area contributed by atoms with E-state index in [0.29, 0.717) is 19.4 Å². The van der Waals surface area contributed by atoms with Gasteiger partial charge in [-0.2, -0.15) is 0 Å². The molecular weight excluding hydrogens is 229 g/mol. The minimum atomic E-state index is -0.968. The van der Waals surface area contributed by atoms with Crippen molar-refractivity contribution < 1.29 is 9.13 Å². The average Bonchev–Trinajstić information content (AvgIpc) is 2.64. The van der Waals surface area contributed by atoms with Gasteiger partial charge >= 0.3 is 0 Å². The number of hydrogen-bond acceptors (Lipinski definition) is 2. The number of halogens is 2. The Morgan fingerprint density at radius 1 is 1.50 bits per heavy atom. The van der Waals surface area contributed by atoms with Crippen LogP contribution in [0.3, 0.4) is 0 Å². The quantitative estimate of drug-likeness (QED) is 0.754. The number of fused-ring (bicyclic) bond motifs is 1. The van der Waals surface area contributed by atoms with Crippen LogP contribution in [0.25, 0.3) is 0 Å². The summed E-state index contributed by atoms with van der Waals surface area (Å²) >= 11 is 6.13.